The van der Waals surface area contributed by atoms with Gasteiger partial charge in [0.2, 0.25) is 5.91 Å². The summed E-state index contributed by atoms with van der Waals surface area (Å²) in [7, 11) is -4.46. The number of anilines is 1. The van der Waals surface area contributed by atoms with Gasteiger partial charge in [-0.3, -0.25) is 9.36 Å². The highest BCUT2D eigenvalue weighted by molar-refractivity contribution is 7.60. The molecule has 1 heterocycles. The second-order valence-electron chi connectivity index (χ2n) is 9.58. The molecule has 1 aliphatic heterocycles. The highest BCUT2D eigenvalue weighted by Crippen LogP contribution is 2.49. The number of nitrogens with zero attached hydrogens (tertiary/aromatic N) is 1. The number of phenolic OH excluding ortho intramolecular Hbond substituents is 1. The number of phenols is 1. The van der Waals surface area contributed by atoms with E-state index < -0.39 is 31.5 Å². The number of β-lactam (4-membered cyclic amide) rings is 1. The fraction of sp³-hybridized carbons (Fsp3) is 0.167. The molecule has 0 saturated carbocycles. The molecule has 1 fully saturated rings. The van der Waals surface area contributed by atoms with Crippen molar-refractivity contribution in [3.63, 3.8) is 0 Å². The van der Waals surface area contributed by atoms with E-state index in [1.165, 1.54) is 47.4 Å². The van der Waals surface area contributed by atoms with Crippen LogP contribution in [0.3, 0.4) is 0 Å². The van der Waals surface area contributed by atoms with Crippen LogP contribution in [0.1, 0.15) is 36.1 Å². The molecule has 4 N–H and O–H groups in total. The lowest BCUT2D eigenvalue weighted by molar-refractivity contribution is -0.131. The van der Waals surface area contributed by atoms with Crippen LogP contribution in [0.25, 0.3) is 11.1 Å². The van der Waals surface area contributed by atoms with E-state index in [2.05, 4.69) is 0 Å². The van der Waals surface area contributed by atoms with Crippen LogP contribution in [-0.4, -0.2) is 25.9 Å². The maximum atomic E-state index is 14.7. The fourth-order valence-electron chi connectivity index (χ4n) is 5.12. The largest absolute Gasteiger partial charge is 0.508 e. The molecule has 3 atom stereocenters. The average Bonchev–Trinajstić information content (AvgIpc) is 2.93. The van der Waals surface area contributed by atoms with Gasteiger partial charge in [0.25, 0.3) is 0 Å². The van der Waals surface area contributed by atoms with Crippen molar-refractivity contribution in [2.75, 3.05) is 4.90 Å². The number of rotatable bonds is 8. The predicted octanol–water partition coefficient (Wildman–Crippen LogP) is 5.22. The molecule has 3 unspecified atom stereocenters. The molecule has 0 spiro atoms. The first kappa shape index (κ1) is 26.8. The minimum Gasteiger partial charge on any atom is -0.508 e. The topological polar surface area (TPSA) is 118 Å². The van der Waals surface area contributed by atoms with Crippen molar-refractivity contribution < 1.29 is 33.7 Å². The third-order valence-corrected chi connectivity index (χ3v) is 8.08. The van der Waals surface area contributed by atoms with Crippen LogP contribution in [0.5, 0.6) is 5.75 Å². The van der Waals surface area contributed by atoms with E-state index in [0.717, 1.165) is 5.56 Å². The number of amides is 1. The molecule has 4 aromatic carbocycles. The molecule has 4 aromatic rings. The first-order valence-electron chi connectivity index (χ1n) is 12.4. The van der Waals surface area contributed by atoms with Crippen molar-refractivity contribution in [3.05, 3.63) is 114 Å². The monoisotopic (exact) mass is 547 g/mol. The Morgan fingerprint density at radius 1 is 0.872 bits per heavy atom. The third kappa shape index (κ3) is 5.37. The molecule has 0 aromatic heterocycles. The summed E-state index contributed by atoms with van der Waals surface area (Å²) in [5.41, 5.74) is 2.26. The smallest absolute Gasteiger partial charge is 0.356 e. The van der Waals surface area contributed by atoms with E-state index in [-0.39, 0.29) is 22.6 Å². The quantitative estimate of drug-likeness (QED) is 0.178. The van der Waals surface area contributed by atoms with Crippen LogP contribution < -0.4 is 10.2 Å². The Morgan fingerprint density at radius 2 is 1.56 bits per heavy atom. The van der Waals surface area contributed by atoms with Crippen molar-refractivity contribution in [3.8, 4) is 16.9 Å². The van der Waals surface area contributed by atoms with Crippen LogP contribution in [-0.2, 0) is 9.36 Å². The maximum Gasteiger partial charge on any atom is 0.356 e. The Morgan fingerprint density at radius 3 is 2.26 bits per heavy atom. The lowest BCUT2D eigenvalue weighted by Crippen LogP contribution is -2.55. The standard InChI is InChI=1S/C30H27FNO6P/c31-25-11-4-5-12-26(25)32-29(24(30(32)35)15-16-27(33)19-7-2-1-3-8-19)23-14-13-21(18-28(23)34)20-9-6-10-22(17-20)39(36,37)38/h1-14,17-18,24,27,29,33-34H,15-16H2,(H2,36,37,38). The zero-order valence-corrected chi connectivity index (χ0v) is 21.7. The molecule has 1 saturated heterocycles. The Hall–Kier alpha value is -3.81. The van der Waals surface area contributed by atoms with Crippen LogP contribution in [0.2, 0.25) is 0 Å². The third-order valence-electron chi connectivity index (χ3n) is 7.13. The second kappa shape index (κ2) is 10.8. The summed E-state index contributed by atoms with van der Waals surface area (Å²) < 4.78 is 26.4. The molecule has 0 radical (unpaired) electrons. The first-order valence-corrected chi connectivity index (χ1v) is 14.1. The van der Waals surface area contributed by atoms with Crippen molar-refractivity contribution in [1.82, 2.24) is 0 Å². The van der Waals surface area contributed by atoms with Gasteiger partial charge in [0.1, 0.15) is 11.6 Å². The average molecular weight is 548 g/mol. The van der Waals surface area contributed by atoms with Gasteiger partial charge in [0.05, 0.1) is 29.1 Å². The molecular formula is C30H27FNO6P. The van der Waals surface area contributed by atoms with Gasteiger partial charge in [0.15, 0.2) is 0 Å². The fourth-order valence-corrected chi connectivity index (χ4v) is 5.71. The number of carbonyl (C=O) groups is 1. The van der Waals surface area contributed by atoms with Crippen LogP contribution in [0.4, 0.5) is 10.1 Å². The molecule has 9 heteroatoms. The predicted molar refractivity (Wildman–Crippen MR) is 146 cm³/mol. The van der Waals surface area contributed by atoms with Crippen LogP contribution in [0.15, 0.2) is 97.1 Å². The molecule has 200 valence electrons. The van der Waals surface area contributed by atoms with Crippen LogP contribution >= 0.6 is 7.60 Å². The van der Waals surface area contributed by atoms with Gasteiger partial charge in [0, 0.05) is 5.56 Å². The minimum atomic E-state index is -4.46. The van der Waals surface area contributed by atoms with E-state index in [0.29, 0.717) is 29.5 Å². The highest BCUT2D eigenvalue weighted by Gasteiger charge is 2.50. The number of halogens is 1. The number of benzene rings is 4. The van der Waals surface area contributed by atoms with E-state index in [1.54, 1.807) is 24.3 Å². The summed E-state index contributed by atoms with van der Waals surface area (Å²) in [5.74, 6) is -1.61. The number of carbonyl (C=O) groups excluding carboxylic acids is 1. The molecular weight excluding hydrogens is 520 g/mol. The van der Waals surface area contributed by atoms with Crippen molar-refractivity contribution in [2.24, 2.45) is 5.92 Å². The van der Waals surface area contributed by atoms with Crippen molar-refractivity contribution >= 4 is 24.5 Å². The normalized spacial score (nSPS) is 18.1. The van der Waals surface area contributed by atoms with Gasteiger partial charge >= 0.3 is 7.60 Å². The summed E-state index contributed by atoms with van der Waals surface area (Å²) in [5, 5.41) is 21.6. The summed E-state index contributed by atoms with van der Waals surface area (Å²) in [6, 6.07) is 25.1. The maximum absolute atomic E-state index is 14.7. The lowest BCUT2D eigenvalue weighted by Gasteiger charge is -2.48. The Balaban J connectivity index is 1.47. The van der Waals surface area contributed by atoms with Crippen LogP contribution in [0, 0.1) is 11.7 Å². The number of aliphatic hydroxyl groups is 1. The van der Waals surface area contributed by atoms with Gasteiger partial charge in [-0.2, -0.15) is 0 Å². The SMILES string of the molecule is O=C1C(CCC(O)c2ccccc2)C(c2ccc(-c3cccc(P(=O)(O)O)c3)cc2O)N1c1ccccc1F. The highest BCUT2D eigenvalue weighted by atomic mass is 31.2. The Bertz CT molecular complexity index is 1560. The molecule has 1 aliphatic rings. The van der Waals surface area contributed by atoms with Gasteiger partial charge in [-0.25, -0.2) is 4.39 Å². The molecule has 1 amide bonds. The summed E-state index contributed by atoms with van der Waals surface area (Å²) in [6.45, 7) is 0. The van der Waals surface area contributed by atoms with Gasteiger partial charge in [-0.1, -0.05) is 66.7 Å². The second-order valence-corrected chi connectivity index (χ2v) is 11.2. The van der Waals surface area contributed by atoms with E-state index >= 15 is 0 Å². The molecule has 0 aliphatic carbocycles. The summed E-state index contributed by atoms with van der Waals surface area (Å²) in [6.07, 6.45) is -0.161. The van der Waals surface area contributed by atoms with E-state index in [9.17, 15) is 33.7 Å². The number of hydrogen-bond acceptors (Lipinski definition) is 4. The van der Waals surface area contributed by atoms with Gasteiger partial charge in [-0.15, -0.1) is 0 Å². The molecule has 0 bridgehead atoms. The number of para-hydroxylation sites is 1. The number of hydrogen-bond donors (Lipinski definition) is 4. The van der Waals surface area contributed by atoms with E-state index in [4.69, 9.17) is 0 Å². The lowest BCUT2D eigenvalue weighted by atomic mass is 9.77. The van der Waals surface area contributed by atoms with Crippen molar-refractivity contribution in [1.29, 1.82) is 0 Å². The first-order chi connectivity index (χ1) is 18.6. The molecule has 39 heavy (non-hydrogen) atoms. The Kier molecular flexibility index (Phi) is 7.38. The Labute approximate surface area is 225 Å². The van der Waals surface area contributed by atoms with Gasteiger partial charge in [-0.05, 0) is 59.9 Å². The van der Waals surface area contributed by atoms with E-state index in [1.807, 2.05) is 30.3 Å². The van der Waals surface area contributed by atoms with Gasteiger partial charge < -0.3 is 24.9 Å². The molecule has 7 nitrogen and oxygen atoms in total. The number of aromatic hydroxyl groups is 1. The summed E-state index contributed by atoms with van der Waals surface area (Å²) >= 11 is 0. The minimum absolute atomic E-state index is 0.102. The van der Waals surface area contributed by atoms with Crippen molar-refractivity contribution in [2.45, 2.75) is 25.0 Å². The summed E-state index contributed by atoms with van der Waals surface area (Å²) in [4.78, 5) is 33.7. The number of aliphatic hydroxyl groups excluding tert-OH is 1. The zero-order valence-electron chi connectivity index (χ0n) is 20.8. The zero-order chi connectivity index (χ0) is 27.7. The molecule has 5 rings (SSSR count).